The first-order valence-electron chi connectivity index (χ1n) is 3.46. The molecule has 0 atom stereocenters. The van der Waals surface area contributed by atoms with Crippen molar-refractivity contribution >= 4 is 21.8 Å². The van der Waals surface area contributed by atoms with E-state index in [2.05, 4.69) is 20.9 Å². The number of aryl methyl sites for hydroxylation is 1. The van der Waals surface area contributed by atoms with Gasteiger partial charge in [-0.25, -0.2) is 4.98 Å². The Morgan fingerprint density at radius 3 is 2.58 bits per heavy atom. The Balaban J connectivity index is 3.31. The van der Waals surface area contributed by atoms with Gasteiger partial charge in [0, 0.05) is 10.2 Å². The van der Waals surface area contributed by atoms with E-state index in [4.69, 9.17) is 5.73 Å². The number of rotatable bonds is 1. The van der Waals surface area contributed by atoms with Crippen LogP contribution in [0.1, 0.15) is 21.7 Å². The zero-order valence-corrected chi connectivity index (χ0v) is 8.47. The molecule has 0 aliphatic heterocycles. The third kappa shape index (κ3) is 1.64. The van der Waals surface area contributed by atoms with E-state index >= 15 is 0 Å². The number of hydrogen-bond donors (Lipinski definition) is 1. The Morgan fingerprint density at radius 1 is 1.58 bits per heavy atom. The number of amides is 1. The van der Waals surface area contributed by atoms with Gasteiger partial charge in [0.25, 0.3) is 5.91 Å². The average molecular weight is 229 g/mol. The quantitative estimate of drug-likeness (QED) is 0.794. The number of carbonyl (C=O) groups excluding carboxylic acids is 1. The molecule has 3 nitrogen and oxygen atoms in total. The van der Waals surface area contributed by atoms with Crippen molar-refractivity contribution in [1.82, 2.24) is 4.98 Å². The van der Waals surface area contributed by atoms with Gasteiger partial charge in [-0.2, -0.15) is 0 Å². The van der Waals surface area contributed by atoms with E-state index in [1.807, 2.05) is 13.8 Å². The molecule has 4 heteroatoms. The molecule has 0 aliphatic carbocycles. The van der Waals surface area contributed by atoms with Crippen LogP contribution in [-0.4, -0.2) is 10.9 Å². The van der Waals surface area contributed by atoms with Gasteiger partial charge >= 0.3 is 0 Å². The molecule has 0 radical (unpaired) electrons. The molecule has 0 spiro atoms. The molecule has 64 valence electrons. The van der Waals surface area contributed by atoms with Gasteiger partial charge in [-0.3, -0.25) is 4.79 Å². The number of nitrogens with two attached hydrogens (primary N) is 1. The highest BCUT2D eigenvalue weighted by atomic mass is 79.9. The first kappa shape index (κ1) is 9.19. The summed E-state index contributed by atoms with van der Waals surface area (Å²) in [5.74, 6) is -0.501. The topological polar surface area (TPSA) is 56.0 Å². The lowest BCUT2D eigenvalue weighted by Crippen LogP contribution is -2.14. The van der Waals surface area contributed by atoms with E-state index in [1.54, 1.807) is 6.07 Å². The highest BCUT2D eigenvalue weighted by Crippen LogP contribution is 2.18. The number of aromatic nitrogens is 1. The van der Waals surface area contributed by atoms with Crippen molar-refractivity contribution in [2.24, 2.45) is 5.73 Å². The lowest BCUT2D eigenvalue weighted by molar-refractivity contribution is 0.0995. The fourth-order valence-electron chi connectivity index (χ4n) is 0.824. The molecule has 1 rings (SSSR count). The summed E-state index contributed by atoms with van der Waals surface area (Å²) in [5, 5.41) is 0. The number of carbonyl (C=O) groups is 1. The number of hydrogen-bond acceptors (Lipinski definition) is 2. The molecule has 0 aliphatic rings. The second-order valence-electron chi connectivity index (χ2n) is 2.56. The number of nitrogens with zero attached hydrogens (tertiary/aromatic N) is 1. The molecule has 1 aromatic heterocycles. The summed E-state index contributed by atoms with van der Waals surface area (Å²) in [4.78, 5) is 14.8. The van der Waals surface area contributed by atoms with Crippen LogP contribution >= 0.6 is 15.9 Å². The van der Waals surface area contributed by atoms with Gasteiger partial charge in [-0.1, -0.05) is 15.9 Å². The smallest absolute Gasteiger partial charge is 0.267 e. The van der Waals surface area contributed by atoms with Crippen molar-refractivity contribution in [2.75, 3.05) is 0 Å². The molecule has 1 aromatic rings. The van der Waals surface area contributed by atoms with Crippen LogP contribution in [0.25, 0.3) is 0 Å². The molecular weight excluding hydrogens is 220 g/mol. The second-order valence-corrected chi connectivity index (χ2v) is 3.42. The van der Waals surface area contributed by atoms with Crippen LogP contribution in [0.5, 0.6) is 0 Å². The van der Waals surface area contributed by atoms with Crippen LogP contribution in [-0.2, 0) is 0 Å². The lowest BCUT2D eigenvalue weighted by atomic mass is 10.2. The number of primary amides is 1. The number of halogens is 1. The van der Waals surface area contributed by atoms with Crippen LogP contribution in [0.4, 0.5) is 0 Å². The van der Waals surface area contributed by atoms with E-state index in [9.17, 15) is 4.79 Å². The van der Waals surface area contributed by atoms with Crippen molar-refractivity contribution in [3.8, 4) is 0 Å². The van der Waals surface area contributed by atoms with Gasteiger partial charge in [0.2, 0.25) is 0 Å². The van der Waals surface area contributed by atoms with Crippen molar-refractivity contribution < 1.29 is 4.79 Å². The van der Waals surface area contributed by atoms with E-state index in [-0.39, 0.29) is 0 Å². The standard InChI is InChI=1S/C8H9BrN2O/c1-4-5(2)11-7(8(10)12)3-6(4)9/h3H,1-2H3,(H2,10,12). The van der Waals surface area contributed by atoms with Crippen LogP contribution in [0.3, 0.4) is 0 Å². The minimum absolute atomic E-state index is 0.296. The fourth-order valence-corrected chi connectivity index (χ4v) is 1.33. The van der Waals surface area contributed by atoms with Crippen LogP contribution in [0, 0.1) is 13.8 Å². The van der Waals surface area contributed by atoms with E-state index < -0.39 is 5.91 Å². The Morgan fingerprint density at radius 2 is 2.17 bits per heavy atom. The normalized spacial score (nSPS) is 9.92. The van der Waals surface area contributed by atoms with Crippen molar-refractivity contribution in [3.05, 3.63) is 27.5 Å². The molecule has 0 saturated carbocycles. The minimum atomic E-state index is -0.501. The minimum Gasteiger partial charge on any atom is -0.364 e. The SMILES string of the molecule is Cc1nc(C(N)=O)cc(Br)c1C. The molecular formula is C8H9BrN2O. The Bertz CT molecular complexity index is 313. The van der Waals surface area contributed by atoms with Crippen LogP contribution in [0.2, 0.25) is 0 Å². The monoisotopic (exact) mass is 228 g/mol. The summed E-state index contributed by atoms with van der Waals surface area (Å²) >= 11 is 3.32. The van der Waals surface area contributed by atoms with E-state index in [1.165, 1.54) is 0 Å². The molecule has 0 bridgehead atoms. The van der Waals surface area contributed by atoms with Crippen molar-refractivity contribution in [3.63, 3.8) is 0 Å². The Hall–Kier alpha value is -0.900. The largest absolute Gasteiger partial charge is 0.364 e. The zero-order valence-electron chi connectivity index (χ0n) is 6.89. The molecule has 0 saturated heterocycles. The fraction of sp³-hybridized carbons (Fsp3) is 0.250. The highest BCUT2D eigenvalue weighted by molar-refractivity contribution is 9.10. The van der Waals surface area contributed by atoms with E-state index in [0.717, 1.165) is 15.7 Å². The first-order chi connectivity index (χ1) is 5.52. The summed E-state index contributed by atoms with van der Waals surface area (Å²) in [6.07, 6.45) is 0. The maximum atomic E-state index is 10.8. The molecule has 0 unspecified atom stereocenters. The van der Waals surface area contributed by atoms with Gasteiger partial charge in [0.1, 0.15) is 5.69 Å². The third-order valence-electron chi connectivity index (χ3n) is 1.70. The predicted octanol–water partition coefficient (Wildman–Crippen LogP) is 1.56. The maximum absolute atomic E-state index is 10.8. The van der Waals surface area contributed by atoms with Crippen LogP contribution in [0.15, 0.2) is 10.5 Å². The van der Waals surface area contributed by atoms with Gasteiger partial charge in [0.15, 0.2) is 0 Å². The molecule has 1 amide bonds. The average Bonchev–Trinajstić information content (AvgIpc) is 1.99. The molecule has 0 aromatic carbocycles. The zero-order chi connectivity index (χ0) is 9.30. The van der Waals surface area contributed by atoms with E-state index in [0.29, 0.717) is 5.69 Å². The third-order valence-corrected chi connectivity index (χ3v) is 2.53. The summed E-state index contributed by atoms with van der Waals surface area (Å²) in [6.45, 7) is 3.77. The second kappa shape index (κ2) is 3.23. The van der Waals surface area contributed by atoms with Crippen LogP contribution < -0.4 is 5.73 Å². The molecule has 1 heterocycles. The summed E-state index contributed by atoms with van der Waals surface area (Å²) < 4.78 is 0.865. The highest BCUT2D eigenvalue weighted by Gasteiger charge is 2.07. The Kier molecular flexibility index (Phi) is 2.47. The van der Waals surface area contributed by atoms with Gasteiger partial charge in [-0.05, 0) is 25.5 Å². The summed E-state index contributed by atoms with van der Waals surface area (Å²) in [5.41, 5.74) is 7.22. The van der Waals surface area contributed by atoms with Crippen molar-refractivity contribution in [2.45, 2.75) is 13.8 Å². The maximum Gasteiger partial charge on any atom is 0.267 e. The summed E-state index contributed by atoms with van der Waals surface area (Å²) in [7, 11) is 0. The van der Waals surface area contributed by atoms with Gasteiger partial charge < -0.3 is 5.73 Å². The summed E-state index contributed by atoms with van der Waals surface area (Å²) in [6, 6.07) is 1.63. The number of pyridine rings is 1. The Labute approximate surface area is 79.1 Å². The van der Waals surface area contributed by atoms with Crippen molar-refractivity contribution in [1.29, 1.82) is 0 Å². The molecule has 0 fully saturated rings. The predicted molar refractivity (Wildman–Crippen MR) is 49.9 cm³/mol. The molecule has 2 N–H and O–H groups in total. The lowest BCUT2D eigenvalue weighted by Gasteiger charge is -2.03. The van der Waals surface area contributed by atoms with Gasteiger partial charge in [0.05, 0.1) is 0 Å². The molecule has 12 heavy (non-hydrogen) atoms. The first-order valence-corrected chi connectivity index (χ1v) is 4.25. The van der Waals surface area contributed by atoms with Gasteiger partial charge in [-0.15, -0.1) is 0 Å².